The molecule has 5 nitrogen and oxygen atoms in total. The van der Waals surface area contributed by atoms with E-state index in [2.05, 4.69) is 10.4 Å². The highest BCUT2D eigenvalue weighted by atomic mass is 16.5. The first kappa shape index (κ1) is 12.8. The Bertz CT molecular complexity index is 420. The van der Waals surface area contributed by atoms with E-state index >= 15 is 0 Å². The molecule has 1 fully saturated rings. The van der Waals surface area contributed by atoms with Crippen molar-refractivity contribution in [3.05, 3.63) is 24.5 Å². The Balaban J connectivity index is 1.87. The van der Waals surface area contributed by atoms with Gasteiger partial charge >= 0.3 is 0 Å². The number of carbonyl (C=O) groups is 1. The predicted molar refractivity (Wildman–Crippen MR) is 69.2 cm³/mol. The summed E-state index contributed by atoms with van der Waals surface area (Å²) < 4.78 is 7.22. The first-order chi connectivity index (χ1) is 8.78. The average Bonchev–Trinajstić information content (AvgIpc) is 2.78. The molecule has 1 amide bonds. The lowest BCUT2D eigenvalue weighted by Gasteiger charge is -2.21. The summed E-state index contributed by atoms with van der Waals surface area (Å²) in [5.74, 6) is 0.501. The van der Waals surface area contributed by atoms with Crippen LogP contribution in [0.1, 0.15) is 19.8 Å². The van der Waals surface area contributed by atoms with Gasteiger partial charge in [-0.3, -0.25) is 9.48 Å². The Morgan fingerprint density at radius 2 is 2.39 bits per heavy atom. The fraction of sp³-hybridized carbons (Fsp3) is 0.538. The van der Waals surface area contributed by atoms with Crippen LogP contribution in [0.3, 0.4) is 0 Å². The standard InChI is InChI=1S/C13H19N3O2/c1-2-3-13(17)15-12-8-14-16(10-12)9-11-4-6-18-7-5-11/h2-3,8,10-11H,4-7,9H2,1H3,(H,15,17). The molecule has 2 heterocycles. The fourth-order valence-corrected chi connectivity index (χ4v) is 2.06. The second-order valence-electron chi connectivity index (χ2n) is 4.50. The number of hydrogen-bond donors (Lipinski definition) is 1. The number of anilines is 1. The summed E-state index contributed by atoms with van der Waals surface area (Å²) in [7, 11) is 0. The van der Waals surface area contributed by atoms with Crippen molar-refractivity contribution in [1.82, 2.24) is 9.78 Å². The fourth-order valence-electron chi connectivity index (χ4n) is 2.06. The van der Waals surface area contributed by atoms with Crippen molar-refractivity contribution in [2.45, 2.75) is 26.3 Å². The van der Waals surface area contributed by atoms with Gasteiger partial charge in [-0.25, -0.2) is 0 Å². The normalized spacial score (nSPS) is 17.2. The molecule has 0 aliphatic carbocycles. The van der Waals surface area contributed by atoms with E-state index in [4.69, 9.17) is 4.74 Å². The minimum absolute atomic E-state index is 0.122. The quantitative estimate of drug-likeness (QED) is 0.828. The Hall–Kier alpha value is -1.62. The SMILES string of the molecule is CC=CC(=O)Nc1cnn(CC2CCOCC2)c1. The second-order valence-corrected chi connectivity index (χ2v) is 4.50. The highest BCUT2D eigenvalue weighted by Crippen LogP contribution is 2.17. The first-order valence-corrected chi connectivity index (χ1v) is 6.32. The van der Waals surface area contributed by atoms with Gasteiger partial charge in [0.05, 0.1) is 11.9 Å². The molecule has 0 aromatic carbocycles. The van der Waals surface area contributed by atoms with Crippen molar-refractivity contribution in [3.8, 4) is 0 Å². The molecule has 2 rings (SSSR count). The maximum Gasteiger partial charge on any atom is 0.248 e. The molecule has 1 aliphatic heterocycles. The summed E-state index contributed by atoms with van der Waals surface area (Å²) in [4.78, 5) is 11.4. The molecule has 0 saturated carbocycles. The zero-order valence-corrected chi connectivity index (χ0v) is 10.6. The number of carbonyl (C=O) groups excluding carboxylic acids is 1. The van der Waals surface area contributed by atoms with E-state index in [0.717, 1.165) is 38.3 Å². The number of nitrogens with zero attached hydrogens (tertiary/aromatic N) is 2. The maximum absolute atomic E-state index is 11.4. The van der Waals surface area contributed by atoms with Crippen molar-refractivity contribution in [2.24, 2.45) is 5.92 Å². The number of ether oxygens (including phenoxy) is 1. The van der Waals surface area contributed by atoms with Gasteiger partial charge in [0.15, 0.2) is 0 Å². The molecule has 1 aliphatic rings. The van der Waals surface area contributed by atoms with Gasteiger partial charge in [-0.05, 0) is 31.8 Å². The van der Waals surface area contributed by atoms with E-state index in [9.17, 15) is 4.79 Å². The van der Waals surface area contributed by atoms with E-state index in [1.54, 1.807) is 12.3 Å². The molecule has 1 aromatic heterocycles. The van der Waals surface area contributed by atoms with Gasteiger partial charge in [0.25, 0.3) is 0 Å². The topological polar surface area (TPSA) is 56.2 Å². The van der Waals surface area contributed by atoms with Crippen LogP contribution in [0.5, 0.6) is 0 Å². The Kier molecular flexibility index (Phi) is 4.52. The minimum atomic E-state index is -0.122. The van der Waals surface area contributed by atoms with Gasteiger partial charge < -0.3 is 10.1 Å². The van der Waals surface area contributed by atoms with Crippen LogP contribution in [0.25, 0.3) is 0 Å². The van der Waals surface area contributed by atoms with Gasteiger partial charge in [0, 0.05) is 26.0 Å². The zero-order valence-electron chi connectivity index (χ0n) is 10.6. The van der Waals surface area contributed by atoms with Crippen molar-refractivity contribution >= 4 is 11.6 Å². The smallest absolute Gasteiger partial charge is 0.248 e. The van der Waals surface area contributed by atoms with E-state index in [0.29, 0.717) is 5.92 Å². The van der Waals surface area contributed by atoms with Crippen molar-refractivity contribution in [1.29, 1.82) is 0 Å². The second kappa shape index (κ2) is 6.35. The number of rotatable bonds is 4. The first-order valence-electron chi connectivity index (χ1n) is 6.32. The average molecular weight is 249 g/mol. The van der Waals surface area contributed by atoms with Crippen molar-refractivity contribution < 1.29 is 9.53 Å². The molecule has 0 unspecified atom stereocenters. The maximum atomic E-state index is 11.4. The Labute approximate surface area is 107 Å². The molecule has 5 heteroatoms. The van der Waals surface area contributed by atoms with Crippen LogP contribution in [0, 0.1) is 5.92 Å². The van der Waals surface area contributed by atoms with Crippen LogP contribution in [0.2, 0.25) is 0 Å². The number of aromatic nitrogens is 2. The highest BCUT2D eigenvalue weighted by molar-refractivity contribution is 5.98. The van der Waals surface area contributed by atoms with Crippen LogP contribution < -0.4 is 5.32 Å². The lowest BCUT2D eigenvalue weighted by Crippen LogP contribution is -2.20. The monoisotopic (exact) mass is 249 g/mol. The largest absolute Gasteiger partial charge is 0.381 e. The molecular weight excluding hydrogens is 230 g/mol. The van der Waals surface area contributed by atoms with Gasteiger partial charge in [0.1, 0.15) is 0 Å². The summed E-state index contributed by atoms with van der Waals surface area (Å²) in [6.45, 7) is 4.39. The van der Waals surface area contributed by atoms with E-state index in [1.165, 1.54) is 6.08 Å². The number of nitrogens with one attached hydrogen (secondary N) is 1. The molecule has 1 aromatic rings. The van der Waals surface area contributed by atoms with Crippen LogP contribution in [-0.2, 0) is 16.1 Å². The van der Waals surface area contributed by atoms with Crippen LogP contribution in [-0.4, -0.2) is 28.9 Å². The van der Waals surface area contributed by atoms with E-state index in [1.807, 2.05) is 17.8 Å². The minimum Gasteiger partial charge on any atom is -0.381 e. The summed E-state index contributed by atoms with van der Waals surface area (Å²) >= 11 is 0. The summed E-state index contributed by atoms with van der Waals surface area (Å²) in [6.07, 6.45) is 8.93. The molecular formula is C13H19N3O2. The van der Waals surface area contributed by atoms with Gasteiger partial charge in [-0.15, -0.1) is 0 Å². The number of allylic oxidation sites excluding steroid dienone is 1. The third-order valence-electron chi connectivity index (χ3n) is 3.00. The molecule has 1 N–H and O–H groups in total. The number of amides is 1. The Morgan fingerprint density at radius 1 is 1.61 bits per heavy atom. The zero-order chi connectivity index (χ0) is 12.8. The van der Waals surface area contributed by atoms with Gasteiger partial charge in [0.2, 0.25) is 5.91 Å². The summed E-state index contributed by atoms with van der Waals surface area (Å²) in [6, 6.07) is 0. The predicted octanol–water partition coefficient (Wildman–Crippen LogP) is 1.82. The number of hydrogen-bond acceptors (Lipinski definition) is 3. The van der Waals surface area contributed by atoms with Gasteiger partial charge in [-0.1, -0.05) is 6.08 Å². The van der Waals surface area contributed by atoms with Crippen LogP contribution in [0.15, 0.2) is 24.5 Å². The van der Waals surface area contributed by atoms with Crippen molar-refractivity contribution in [2.75, 3.05) is 18.5 Å². The molecule has 98 valence electrons. The highest BCUT2D eigenvalue weighted by Gasteiger charge is 2.14. The summed E-state index contributed by atoms with van der Waals surface area (Å²) in [5.41, 5.74) is 0.741. The van der Waals surface area contributed by atoms with Gasteiger partial charge in [-0.2, -0.15) is 5.10 Å². The lowest BCUT2D eigenvalue weighted by atomic mass is 10.0. The summed E-state index contributed by atoms with van der Waals surface area (Å²) in [5, 5.41) is 7.03. The van der Waals surface area contributed by atoms with Crippen LogP contribution in [0.4, 0.5) is 5.69 Å². The molecule has 0 bridgehead atoms. The molecule has 1 saturated heterocycles. The molecule has 0 radical (unpaired) electrons. The molecule has 0 atom stereocenters. The lowest BCUT2D eigenvalue weighted by molar-refractivity contribution is -0.111. The Morgan fingerprint density at radius 3 is 3.11 bits per heavy atom. The molecule has 0 spiro atoms. The van der Waals surface area contributed by atoms with E-state index < -0.39 is 0 Å². The van der Waals surface area contributed by atoms with Crippen molar-refractivity contribution in [3.63, 3.8) is 0 Å². The molecule has 18 heavy (non-hydrogen) atoms. The van der Waals surface area contributed by atoms with E-state index in [-0.39, 0.29) is 5.91 Å². The third kappa shape index (κ3) is 3.70. The van der Waals surface area contributed by atoms with Crippen LogP contribution >= 0.6 is 0 Å². The third-order valence-corrected chi connectivity index (χ3v) is 3.00.